The Kier molecular flexibility index (Phi) is 5.14. The summed E-state index contributed by atoms with van der Waals surface area (Å²) in [6, 6.07) is 14.8. The Morgan fingerprint density at radius 1 is 1.04 bits per heavy atom. The molecule has 0 N–H and O–H groups in total. The fraction of sp³-hybridized carbons (Fsp3) is 0.200. The van der Waals surface area contributed by atoms with Gasteiger partial charge in [-0.05, 0) is 54.1 Å². The van der Waals surface area contributed by atoms with Gasteiger partial charge in [0.15, 0.2) is 0 Å². The zero-order chi connectivity index (χ0) is 19.9. The van der Waals surface area contributed by atoms with Crippen molar-refractivity contribution in [2.45, 2.75) is 17.5 Å². The first-order valence-corrected chi connectivity index (χ1v) is 10.9. The second kappa shape index (κ2) is 7.44. The molecule has 0 radical (unpaired) electrons. The fourth-order valence-corrected chi connectivity index (χ4v) is 5.63. The summed E-state index contributed by atoms with van der Waals surface area (Å²) in [5.41, 5.74) is 1.57. The van der Waals surface area contributed by atoms with Gasteiger partial charge in [-0.15, -0.1) is 0 Å². The van der Waals surface area contributed by atoms with Gasteiger partial charge >= 0.3 is 0 Å². The molecular weight excluding hydrogens is 419 g/mol. The number of rotatable bonds is 4. The molecule has 3 aromatic rings. The highest BCUT2D eigenvalue weighted by Gasteiger charge is 2.38. The number of benzene rings is 2. The van der Waals surface area contributed by atoms with E-state index in [2.05, 4.69) is 4.57 Å². The molecule has 1 aliphatic rings. The fourth-order valence-electron chi connectivity index (χ4n) is 3.54. The molecule has 5 nitrogen and oxygen atoms in total. The van der Waals surface area contributed by atoms with Crippen molar-refractivity contribution >= 4 is 33.2 Å². The van der Waals surface area contributed by atoms with Crippen LogP contribution in [0.3, 0.4) is 0 Å². The molecule has 2 aromatic carbocycles. The number of hydrogen-bond donors (Lipinski definition) is 0. The van der Waals surface area contributed by atoms with Crippen molar-refractivity contribution in [2.75, 3.05) is 13.7 Å². The van der Waals surface area contributed by atoms with Gasteiger partial charge in [-0.2, -0.15) is 4.31 Å². The van der Waals surface area contributed by atoms with Crippen LogP contribution in [0.2, 0.25) is 10.0 Å². The monoisotopic (exact) mass is 436 g/mol. The van der Waals surface area contributed by atoms with E-state index in [0.29, 0.717) is 34.4 Å². The Morgan fingerprint density at radius 3 is 2.46 bits per heavy atom. The lowest BCUT2D eigenvalue weighted by atomic mass is 10.0. The molecule has 1 aromatic heterocycles. The first-order valence-electron chi connectivity index (χ1n) is 8.67. The molecule has 28 heavy (non-hydrogen) atoms. The van der Waals surface area contributed by atoms with E-state index in [1.807, 2.05) is 18.3 Å². The third-order valence-corrected chi connectivity index (χ3v) is 7.36. The number of ether oxygens (including phenoxy) is 1. The third kappa shape index (κ3) is 3.31. The molecule has 4 rings (SSSR count). The van der Waals surface area contributed by atoms with Crippen molar-refractivity contribution in [2.24, 2.45) is 0 Å². The maximum atomic E-state index is 13.5. The lowest BCUT2D eigenvalue weighted by Gasteiger charge is -2.36. The Balaban J connectivity index is 1.84. The Morgan fingerprint density at radius 2 is 1.79 bits per heavy atom. The Hall–Kier alpha value is -1.99. The predicted octanol–water partition coefficient (Wildman–Crippen LogP) is 4.60. The largest absolute Gasteiger partial charge is 0.497 e. The highest BCUT2D eigenvalue weighted by Crippen LogP contribution is 2.40. The summed E-state index contributed by atoms with van der Waals surface area (Å²) in [6.07, 6.45) is 1.95. The maximum absolute atomic E-state index is 13.5. The minimum atomic E-state index is -3.76. The maximum Gasteiger partial charge on any atom is 0.244 e. The molecule has 1 atom stereocenters. The zero-order valence-electron chi connectivity index (χ0n) is 15.0. The van der Waals surface area contributed by atoms with E-state index in [9.17, 15) is 8.42 Å². The third-order valence-electron chi connectivity index (χ3n) is 4.92. The van der Waals surface area contributed by atoms with Crippen LogP contribution in [0, 0.1) is 0 Å². The van der Waals surface area contributed by atoms with Gasteiger partial charge in [0, 0.05) is 35.0 Å². The molecule has 0 unspecified atom stereocenters. The molecule has 0 bridgehead atoms. The van der Waals surface area contributed by atoms with Gasteiger partial charge in [-0.25, -0.2) is 8.42 Å². The van der Waals surface area contributed by atoms with Gasteiger partial charge in [0.25, 0.3) is 0 Å². The van der Waals surface area contributed by atoms with Crippen LogP contribution in [0.15, 0.2) is 65.7 Å². The van der Waals surface area contributed by atoms with Crippen molar-refractivity contribution in [1.82, 2.24) is 8.87 Å². The van der Waals surface area contributed by atoms with Crippen LogP contribution in [-0.2, 0) is 16.6 Å². The average Bonchev–Trinajstić information content (AvgIpc) is 3.16. The van der Waals surface area contributed by atoms with Gasteiger partial charge in [0.2, 0.25) is 10.0 Å². The van der Waals surface area contributed by atoms with Crippen molar-refractivity contribution < 1.29 is 13.2 Å². The van der Waals surface area contributed by atoms with Gasteiger partial charge in [-0.1, -0.05) is 29.3 Å². The SMILES string of the molecule is COc1ccc(S(=O)(=O)N2CCn3cccc3[C@H]2c2ccc(Cl)cc2Cl)cc1. The van der Waals surface area contributed by atoms with Gasteiger partial charge in [0.1, 0.15) is 5.75 Å². The lowest BCUT2D eigenvalue weighted by molar-refractivity contribution is 0.298. The first kappa shape index (κ1) is 19.3. The lowest BCUT2D eigenvalue weighted by Crippen LogP contribution is -2.42. The summed E-state index contributed by atoms with van der Waals surface area (Å²) in [5.74, 6) is 0.601. The van der Waals surface area contributed by atoms with Crippen molar-refractivity contribution in [3.8, 4) is 5.75 Å². The van der Waals surface area contributed by atoms with E-state index in [-0.39, 0.29) is 4.90 Å². The number of fused-ring (bicyclic) bond motifs is 1. The molecule has 146 valence electrons. The van der Waals surface area contributed by atoms with Gasteiger partial charge in [-0.3, -0.25) is 0 Å². The highest BCUT2D eigenvalue weighted by atomic mass is 35.5. The van der Waals surface area contributed by atoms with Gasteiger partial charge < -0.3 is 9.30 Å². The minimum absolute atomic E-state index is 0.211. The molecule has 0 spiro atoms. The Labute approximate surface area is 174 Å². The molecule has 0 fully saturated rings. The molecule has 1 aliphatic heterocycles. The van der Waals surface area contributed by atoms with Crippen molar-refractivity contribution in [1.29, 1.82) is 0 Å². The molecule has 2 heterocycles. The molecule has 0 amide bonds. The molecule has 0 saturated heterocycles. The quantitative estimate of drug-likeness (QED) is 0.600. The highest BCUT2D eigenvalue weighted by molar-refractivity contribution is 7.89. The topological polar surface area (TPSA) is 51.5 Å². The van der Waals surface area contributed by atoms with E-state index < -0.39 is 16.1 Å². The zero-order valence-corrected chi connectivity index (χ0v) is 17.4. The van der Waals surface area contributed by atoms with Crippen LogP contribution in [0.5, 0.6) is 5.75 Å². The first-order chi connectivity index (χ1) is 13.4. The molecular formula is C20H18Cl2N2O3S. The van der Waals surface area contributed by atoms with Crippen LogP contribution in [0.4, 0.5) is 0 Å². The number of methoxy groups -OCH3 is 1. The van der Waals surface area contributed by atoms with E-state index in [4.69, 9.17) is 27.9 Å². The normalized spacial score (nSPS) is 17.3. The number of halogens is 2. The summed E-state index contributed by atoms with van der Waals surface area (Å²) in [6.45, 7) is 0.902. The summed E-state index contributed by atoms with van der Waals surface area (Å²) < 4.78 is 35.7. The van der Waals surface area contributed by atoms with Crippen molar-refractivity contribution in [3.63, 3.8) is 0 Å². The van der Waals surface area contributed by atoms with E-state index in [1.54, 1.807) is 49.6 Å². The molecule has 0 saturated carbocycles. The summed E-state index contributed by atoms with van der Waals surface area (Å²) in [4.78, 5) is 0.211. The van der Waals surface area contributed by atoms with Crippen LogP contribution < -0.4 is 4.74 Å². The van der Waals surface area contributed by atoms with Gasteiger partial charge in [0.05, 0.1) is 18.0 Å². The number of aromatic nitrogens is 1. The van der Waals surface area contributed by atoms with E-state index in [0.717, 1.165) is 5.69 Å². The van der Waals surface area contributed by atoms with Crippen LogP contribution in [0.1, 0.15) is 17.3 Å². The average molecular weight is 437 g/mol. The number of nitrogens with zero attached hydrogens (tertiary/aromatic N) is 2. The second-order valence-corrected chi connectivity index (χ2v) is 9.22. The number of sulfonamides is 1. The van der Waals surface area contributed by atoms with Crippen LogP contribution in [0.25, 0.3) is 0 Å². The second-order valence-electron chi connectivity index (χ2n) is 6.49. The predicted molar refractivity (Wildman–Crippen MR) is 110 cm³/mol. The standard InChI is InChI=1S/C20H18Cl2N2O3S/c1-27-15-5-7-16(8-6-15)28(25,26)24-12-11-23-10-2-3-19(23)20(24)17-9-4-14(21)13-18(17)22/h2-10,13,20H,11-12H2,1H3/t20-/m1/s1. The molecule has 0 aliphatic carbocycles. The van der Waals surface area contributed by atoms with E-state index >= 15 is 0 Å². The van der Waals surface area contributed by atoms with E-state index in [1.165, 1.54) is 4.31 Å². The van der Waals surface area contributed by atoms with Crippen molar-refractivity contribution in [3.05, 3.63) is 82.1 Å². The summed E-state index contributed by atoms with van der Waals surface area (Å²) in [7, 11) is -2.22. The molecule has 8 heteroatoms. The van der Waals surface area contributed by atoms with Crippen LogP contribution >= 0.6 is 23.2 Å². The summed E-state index contributed by atoms with van der Waals surface area (Å²) >= 11 is 12.5. The smallest absolute Gasteiger partial charge is 0.244 e. The number of hydrogen-bond acceptors (Lipinski definition) is 3. The minimum Gasteiger partial charge on any atom is -0.497 e. The summed E-state index contributed by atoms with van der Waals surface area (Å²) in [5, 5.41) is 0.937. The Bertz CT molecular complexity index is 1110. The van der Waals surface area contributed by atoms with Crippen LogP contribution in [-0.4, -0.2) is 30.9 Å².